The predicted molar refractivity (Wildman–Crippen MR) is 69.0 cm³/mol. The molecule has 0 amide bonds. The number of hydrogen-bond donors (Lipinski definition) is 1. The summed E-state index contributed by atoms with van der Waals surface area (Å²) in [4.78, 5) is 4.11. The van der Waals surface area contributed by atoms with E-state index >= 15 is 0 Å². The first-order valence-corrected chi connectivity index (χ1v) is 6.03. The third kappa shape index (κ3) is 2.92. The molecule has 1 N–H and O–H groups in total. The summed E-state index contributed by atoms with van der Waals surface area (Å²) in [6.45, 7) is 4.67. The zero-order valence-electron chi connectivity index (χ0n) is 10.2. The van der Waals surface area contributed by atoms with Crippen LogP contribution in [-0.4, -0.2) is 16.7 Å². The van der Waals surface area contributed by atoms with Crippen LogP contribution in [0.3, 0.4) is 0 Å². The minimum atomic E-state index is 0.432. The SMILES string of the molecule is CCOc1c(Cl)cccc1NCc1nc(C)no1. The lowest BCUT2D eigenvalue weighted by Crippen LogP contribution is -2.03. The van der Waals surface area contributed by atoms with Crippen LogP contribution in [0.15, 0.2) is 22.7 Å². The van der Waals surface area contributed by atoms with Gasteiger partial charge in [-0.25, -0.2) is 0 Å². The molecule has 2 aromatic rings. The van der Waals surface area contributed by atoms with E-state index in [1.165, 1.54) is 0 Å². The quantitative estimate of drug-likeness (QED) is 0.902. The van der Waals surface area contributed by atoms with Gasteiger partial charge in [-0.1, -0.05) is 22.8 Å². The van der Waals surface area contributed by atoms with Gasteiger partial charge in [0.05, 0.1) is 23.9 Å². The number of halogens is 1. The number of anilines is 1. The number of rotatable bonds is 5. The van der Waals surface area contributed by atoms with Gasteiger partial charge in [-0.2, -0.15) is 4.98 Å². The number of aromatic nitrogens is 2. The van der Waals surface area contributed by atoms with Crippen LogP contribution in [0.2, 0.25) is 5.02 Å². The Hall–Kier alpha value is -1.75. The maximum atomic E-state index is 6.08. The summed E-state index contributed by atoms with van der Waals surface area (Å²) in [5.41, 5.74) is 0.806. The summed E-state index contributed by atoms with van der Waals surface area (Å²) in [5, 5.41) is 7.46. The Kier molecular flexibility index (Phi) is 4.04. The molecule has 0 atom stereocenters. The monoisotopic (exact) mass is 267 g/mol. The van der Waals surface area contributed by atoms with E-state index in [-0.39, 0.29) is 0 Å². The number of ether oxygens (including phenoxy) is 1. The summed E-state index contributed by atoms with van der Waals surface area (Å²) < 4.78 is 10.5. The van der Waals surface area contributed by atoms with E-state index in [9.17, 15) is 0 Å². The van der Waals surface area contributed by atoms with Crippen molar-refractivity contribution in [3.8, 4) is 5.75 Å². The molecule has 0 spiro atoms. The number of benzene rings is 1. The van der Waals surface area contributed by atoms with E-state index in [0.29, 0.717) is 35.6 Å². The molecule has 5 nitrogen and oxygen atoms in total. The first-order valence-electron chi connectivity index (χ1n) is 5.65. The lowest BCUT2D eigenvalue weighted by Gasteiger charge is -2.12. The number of nitrogens with one attached hydrogen (secondary N) is 1. The van der Waals surface area contributed by atoms with Gasteiger partial charge in [0.2, 0.25) is 5.89 Å². The van der Waals surface area contributed by atoms with Crippen molar-refractivity contribution >= 4 is 17.3 Å². The Morgan fingerprint density at radius 1 is 1.44 bits per heavy atom. The minimum absolute atomic E-state index is 0.432. The molecule has 0 saturated heterocycles. The van der Waals surface area contributed by atoms with E-state index in [4.69, 9.17) is 20.9 Å². The molecule has 0 saturated carbocycles. The smallest absolute Gasteiger partial charge is 0.245 e. The van der Waals surface area contributed by atoms with Gasteiger partial charge >= 0.3 is 0 Å². The molecule has 2 rings (SSSR count). The van der Waals surface area contributed by atoms with E-state index in [1.807, 2.05) is 19.1 Å². The van der Waals surface area contributed by atoms with Crippen molar-refractivity contribution in [3.05, 3.63) is 34.9 Å². The van der Waals surface area contributed by atoms with Crippen molar-refractivity contribution in [1.82, 2.24) is 10.1 Å². The fourth-order valence-electron chi connectivity index (χ4n) is 1.52. The second kappa shape index (κ2) is 5.73. The fourth-order valence-corrected chi connectivity index (χ4v) is 1.75. The summed E-state index contributed by atoms with van der Waals surface area (Å²) >= 11 is 6.08. The number of hydrogen-bond acceptors (Lipinski definition) is 5. The average molecular weight is 268 g/mol. The number of nitrogens with zero attached hydrogens (tertiary/aromatic N) is 2. The molecule has 1 aromatic heterocycles. The molecule has 0 aliphatic rings. The van der Waals surface area contributed by atoms with Gasteiger partial charge < -0.3 is 14.6 Å². The van der Waals surface area contributed by atoms with Crippen molar-refractivity contribution in [3.63, 3.8) is 0 Å². The fraction of sp³-hybridized carbons (Fsp3) is 0.333. The highest BCUT2D eigenvalue weighted by Crippen LogP contribution is 2.33. The molecule has 1 heterocycles. The van der Waals surface area contributed by atoms with Gasteiger partial charge in [-0.05, 0) is 26.0 Å². The zero-order chi connectivity index (χ0) is 13.0. The highest BCUT2D eigenvalue weighted by Gasteiger charge is 2.09. The molecule has 96 valence electrons. The van der Waals surface area contributed by atoms with Crippen LogP contribution < -0.4 is 10.1 Å². The van der Waals surface area contributed by atoms with E-state index < -0.39 is 0 Å². The number of para-hydroxylation sites is 1. The van der Waals surface area contributed by atoms with Crippen LogP contribution >= 0.6 is 11.6 Å². The van der Waals surface area contributed by atoms with Crippen molar-refractivity contribution in [2.45, 2.75) is 20.4 Å². The summed E-state index contributed by atoms with van der Waals surface area (Å²) in [6.07, 6.45) is 0. The second-order valence-electron chi connectivity index (χ2n) is 3.64. The van der Waals surface area contributed by atoms with E-state index in [1.54, 1.807) is 13.0 Å². The van der Waals surface area contributed by atoms with E-state index in [2.05, 4.69) is 15.5 Å². The molecule has 6 heteroatoms. The molecular formula is C12H14ClN3O2. The molecule has 0 unspecified atom stereocenters. The van der Waals surface area contributed by atoms with Crippen LogP contribution in [0.25, 0.3) is 0 Å². The standard InChI is InChI=1S/C12H14ClN3O2/c1-3-17-12-9(13)5-4-6-10(12)14-7-11-15-8(2)16-18-11/h4-6,14H,3,7H2,1-2H3. The van der Waals surface area contributed by atoms with Crippen LogP contribution in [0, 0.1) is 6.92 Å². The summed E-state index contributed by atoms with van der Waals surface area (Å²) in [6, 6.07) is 5.53. The van der Waals surface area contributed by atoms with Crippen LogP contribution in [-0.2, 0) is 6.54 Å². The zero-order valence-corrected chi connectivity index (χ0v) is 11.0. The predicted octanol–water partition coefficient (Wildman–Crippen LogP) is 3.04. The Labute approximate surface area is 110 Å². The van der Waals surface area contributed by atoms with Crippen LogP contribution in [0.5, 0.6) is 5.75 Å². The topological polar surface area (TPSA) is 60.2 Å². The molecule has 1 aromatic carbocycles. The normalized spacial score (nSPS) is 10.4. The van der Waals surface area contributed by atoms with Crippen molar-refractivity contribution < 1.29 is 9.26 Å². The first-order chi connectivity index (χ1) is 8.70. The third-order valence-corrected chi connectivity index (χ3v) is 2.55. The Morgan fingerprint density at radius 3 is 2.94 bits per heavy atom. The number of aryl methyl sites for hydroxylation is 1. The highest BCUT2D eigenvalue weighted by molar-refractivity contribution is 6.32. The molecule has 0 aliphatic heterocycles. The second-order valence-corrected chi connectivity index (χ2v) is 4.05. The van der Waals surface area contributed by atoms with Gasteiger partial charge in [-0.15, -0.1) is 0 Å². The first kappa shape index (κ1) is 12.7. The highest BCUT2D eigenvalue weighted by atomic mass is 35.5. The third-order valence-electron chi connectivity index (χ3n) is 2.26. The van der Waals surface area contributed by atoms with E-state index in [0.717, 1.165) is 5.69 Å². The van der Waals surface area contributed by atoms with Gasteiger partial charge in [0.1, 0.15) is 0 Å². The average Bonchev–Trinajstić information content (AvgIpc) is 2.76. The maximum absolute atomic E-state index is 6.08. The molecule has 0 fully saturated rings. The van der Waals surface area contributed by atoms with Crippen molar-refractivity contribution in [1.29, 1.82) is 0 Å². The lowest BCUT2D eigenvalue weighted by atomic mass is 10.3. The Morgan fingerprint density at radius 2 is 2.28 bits per heavy atom. The Balaban J connectivity index is 2.11. The Bertz CT molecular complexity index is 528. The van der Waals surface area contributed by atoms with Gasteiger partial charge in [0.15, 0.2) is 11.6 Å². The molecule has 0 bridgehead atoms. The molecule has 0 aliphatic carbocycles. The molecular weight excluding hydrogens is 254 g/mol. The van der Waals surface area contributed by atoms with Gasteiger partial charge in [0.25, 0.3) is 0 Å². The maximum Gasteiger partial charge on any atom is 0.245 e. The van der Waals surface area contributed by atoms with Crippen LogP contribution in [0.4, 0.5) is 5.69 Å². The van der Waals surface area contributed by atoms with Crippen molar-refractivity contribution in [2.24, 2.45) is 0 Å². The van der Waals surface area contributed by atoms with Crippen molar-refractivity contribution in [2.75, 3.05) is 11.9 Å². The summed E-state index contributed by atoms with van der Waals surface area (Å²) in [7, 11) is 0. The largest absolute Gasteiger partial charge is 0.490 e. The summed E-state index contributed by atoms with van der Waals surface area (Å²) in [5.74, 6) is 1.77. The lowest BCUT2D eigenvalue weighted by molar-refractivity contribution is 0.341. The van der Waals surface area contributed by atoms with Gasteiger partial charge in [-0.3, -0.25) is 0 Å². The van der Waals surface area contributed by atoms with Gasteiger partial charge in [0, 0.05) is 0 Å². The molecule has 0 radical (unpaired) electrons. The van der Waals surface area contributed by atoms with Crippen LogP contribution in [0.1, 0.15) is 18.6 Å². The molecule has 18 heavy (non-hydrogen) atoms. The minimum Gasteiger partial charge on any atom is -0.490 e.